The van der Waals surface area contributed by atoms with Crippen LogP contribution in [-0.2, 0) is 9.53 Å². The molecule has 0 amide bonds. The van der Waals surface area contributed by atoms with Crippen LogP contribution in [0.2, 0.25) is 0 Å². The second-order valence-corrected chi connectivity index (χ2v) is 4.70. The lowest BCUT2D eigenvalue weighted by Gasteiger charge is -2.18. The second kappa shape index (κ2) is 4.80. The molecule has 1 heterocycles. The van der Waals surface area contributed by atoms with Crippen LogP contribution >= 0.6 is 0 Å². The maximum absolute atomic E-state index is 11.8. The van der Waals surface area contributed by atoms with Gasteiger partial charge in [0.1, 0.15) is 5.52 Å². The van der Waals surface area contributed by atoms with Crippen molar-refractivity contribution >= 4 is 17.1 Å². The number of methoxy groups -OCH3 is 1. The van der Waals surface area contributed by atoms with E-state index < -0.39 is 0 Å². The Morgan fingerprint density at radius 2 is 2.11 bits per heavy atom. The molecule has 2 aromatic rings. The summed E-state index contributed by atoms with van der Waals surface area (Å²) in [5.74, 6) is 0.297. The Labute approximate surface area is 106 Å². The predicted molar refractivity (Wildman–Crippen MR) is 68.3 cm³/mol. The van der Waals surface area contributed by atoms with E-state index in [1.54, 1.807) is 6.92 Å². The topological polar surface area (TPSA) is 52.3 Å². The molecule has 18 heavy (non-hydrogen) atoms. The average Bonchev–Trinajstić information content (AvgIpc) is 2.68. The zero-order valence-electron chi connectivity index (χ0n) is 11.1. The van der Waals surface area contributed by atoms with Gasteiger partial charge in [0, 0.05) is 6.92 Å². The SMILES string of the molecule is COC(=O)C(c1ccc2nc(C)oc2c1)C(C)C. The Bertz CT molecular complexity index is 571. The summed E-state index contributed by atoms with van der Waals surface area (Å²) in [6.45, 7) is 5.80. The summed E-state index contributed by atoms with van der Waals surface area (Å²) in [5, 5.41) is 0. The van der Waals surface area contributed by atoms with Crippen LogP contribution in [0.5, 0.6) is 0 Å². The summed E-state index contributed by atoms with van der Waals surface area (Å²) in [4.78, 5) is 16.1. The number of oxazole rings is 1. The molecule has 1 aromatic carbocycles. The Balaban J connectivity index is 2.47. The zero-order chi connectivity index (χ0) is 13.3. The Kier molecular flexibility index (Phi) is 3.36. The lowest BCUT2D eigenvalue weighted by atomic mass is 9.88. The van der Waals surface area contributed by atoms with Crippen molar-refractivity contribution in [1.82, 2.24) is 4.98 Å². The van der Waals surface area contributed by atoms with E-state index in [9.17, 15) is 4.79 Å². The molecule has 0 aliphatic rings. The molecule has 0 bridgehead atoms. The van der Waals surface area contributed by atoms with Gasteiger partial charge in [-0.15, -0.1) is 0 Å². The highest BCUT2D eigenvalue weighted by molar-refractivity contribution is 5.81. The molecule has 1 aromatic heterocycles. The minimum Gasteiger partial charge on any atom is -0.469 e. The third-order valence-electron chi connectivity index (χ3n) is 3.00. The lowest BCUT2D eigenvalue weighted by Crippen LogP contribution is -2.19. The van der Waals surface area contributed by atoms with Crippen molar-refractivity contribution in [1.29, 1.82) is 0 Å². The van der Waals surface area contributed by atoms with Gasteiger partial charge in [-0.2, -0.15) is 0 Å². The Morgan fingerprint density at radius 1 is 1.39 bits per heavy atom. The highest BCUT2D eigenvalue weighted by Crippen LogP contribution is 2.28. The van der Waals surface area contributed by atoms with E-state index in [0.29, 0.717) is 11.5 Å². The van der Waals surface area contributed by atoms with E-state index in [1.165, 1.54) is 7.11 Å². The number of nitrogens with zero attached hydrogens (tertiary/aromatic N) is 1. The molecular weight excluding hydrogens is 230 g/mol. The van der Waals surface area contributed by atoms with Gasteiger partial charge in [0.25, 0.3) is 0 Å². The molecule has 0 aliphatic heterocycles. The molecule has 4 heteroatoms. The van der Waals surface area contributed by atoms with Crippen molar-refractivity contribution in [2.24, 2.45) is 5.92 Å². The number of esters is 1. The Hall–Kier alpha value is -1.84. The fourth-order valence-electron chi connectivity index (χ4n) is 2.17. The molecule has 4 nitrogen and oxygen atoms in total. The Morgan fingerprint density at radius 3 is 2.72 bits per heavy atom. The summed E-state index contributed by atoms with van der Waals surface area (Å²) < 4.78 is 10.3. The smallest absolute Gasteiger partial charge is 0.313 e. The van der Waals surface area contributed by atoms with Crippen LogP contribution in [-0.4, -0.2) is 18.1 Å². The van der Waals surface area contributed by atoms with Crippen LogP contribution in [0.15, 0.2) is 22.6 Å². The molecule has 0 spiro atoms. The summed E-state index contributed by atoms with van der Waals surface area (Å²) in [5.41, 5.74) is 2.42. The number of fused-ring (bicyclic) bond motifs is 1. The van der Waals surface area contributed by atoms with Crippen LogP contribution < -0.4 is 0 Å². The van der Waals surface area contributed by atoms with Gasteiger partial charge in [-0.25, -0.2) is 4.98 Å². The van der Waals surface area contributed by atoms with Gasteiger partial charge in [-0.3, -0.25) is 4.79 Å². The quantitative estimate of drug-likeness (QED) is 0.782. The highest BCUT2D eigenvalue weighted by Gasteiger charge is 2.25. The van der Waals surface area contributed by atoms with Gasteiger partial charge >= 0.3 is 5.97 Å². The summed E-state index contributed by atoms with van der Waals surface area (Å²) in [6.07, 6.45) is 0. The van der Waals surface area contributed by atoms with Crippen molar-refractivity contribution in [3.8, 4) is 0 Å². The first-order valence-electron chi connectivity index (χ1n) is 5.98. The predicted octanol–water partition coefficient (Wildman–Crippen LogP) is 3.05. The van der Waals surface area contributed by atoms with Crippen LogP contribution in [0, 0.1) is 12.8 Å². The molecule has 0 N–H and O–H groups in total. The third kappa shape index (κ3) is 2.23. The molecule has 0 fully saturated rings. The number of carbonyl (C=O) groups excluding carboxylic acids is 1. The van der Waals surface area contributed by atoms with E-state index in [4.69, 9.17) is 9.15 Å². The fraction of sp³-hybridized carbons (Fsp3) is 0.429. The number of rotatable bonds is 3. The molecular formula is C14H17NO3. The number of aryl methyl sites for hydroxylation is 1. The molecule has 1 unspecified atom stereocenters. The van der Waals surface area contributed by atoms with Crippen molar-refractivity contribution in [3.63, 3.8) is 0 Å². The average molecular weight is 247 g/mol. The molecule has 1 atom stereocenters. The molecule has 2 rings (SSSR count). The molecule has 0 saturated heterocycles. The van der Waals surface area contributed by atoms with E-state index in [0.717, 1.165) is 11.1 Å². The van der Waals surface area contributed by atoms with E-state index in [2.05, 4.69) is 4.98 Å². The van der Waals surface area contributed by atoms with Crippen LogP contribution in [0.25, 0.3) is 11.1 Å². The minimum atomic E-state index is -0.273. The monoisotopic (exact) mass is 247 g/mol. The maximum Gasteiger partial charge on any atom is 0.313 e. The van der Waals surface area contributed by atoms with Gasteiger partial charge in [-0.05, 0) is 23.6 Å². The summed E-state index contributed by atoms with van der Waals surface area (Å²) >= 11 is 0. The number of hydrogen-bond acceptors (Lipinski definition) is 4. The normalized spacial score (nSPS) is 12.9. The number of hydrogen-bond donors (Lipinski definition) is 0. The number of ether oxygens (including phenoxy) is 1. The maximum atomic E-state index is 11.8. The molecule has 0 radical (unpaired) electrons. The molecule has 96 valence electrons. The first kappa shape index (κ1) is 12.6. The first-order chi connectivity index (χ1) is 8.52. The summed E-state index contributed by atoms with van der Waals surface area (Å²) in [6, 6.07) is 5.66. The van der Waals surface area contributed by atoms with Crippen molar-refractivity contribution in [2.75, 3.05) is 7.11 Å². The third-order valence-corrected chi connectivity index (χ3v) is 3.00. The van der Waals surface area contributed by atoms with Gasteiger partial charge in [0.05, 0.1) is 13.0 Å². The number of carbonyl (C=O) groups is 1. The van der Waals surface area contributed by atoms with Gasteiger partial charge in [0.2, 0.25) is 0 Å². The van der Waals surface area contributed by atoms with Gasteiger partial charge < -0.3 is 9.15 Å². The molecule has 0 saturated carbocycles. The van der Waals surface area contributed by atoms with Gasteiger partial charge in [-0.1, -0.05) is 19.9 Å². The summed E-state index contributed by atoms with van der Waals surface area (Å²) in [7, 11) is 1.41. The first-order valence-corrected chi connectivity index (χ1v) is 5.98. The fourth-order valence-corrected chi connectivity index (χ4v) is 2.17. The van der Waals surface area contributed by atoms with Crippen LogP contribution in [0.3, 0.4) is 0 Å². The standard InChI is InChI=1S/C14H17NO3/c1-8(2)13(14(16)17-4)10-5-6-11-12(7-10)18-9(3)15-11/h5-8,13H,1-4H3. The van der Waals surface area contributed by atoms with E-state index in [1.807, 2.05) is 32.0 Å². The minimum absolute atomic E-state index is 0.166. The van der Waals surface area contributed by atoms with E-state index in [-0.39, 0.29) is 17.8 Å². The number of benzene rings is 1. The van der Waals surface area contributed by atoms with Crippen molar-refractivity contribution in [3.05, 3.63) is 29.7 Å². The number of aromatic nitrogens is 1. The van der Waals surface area contributed by atoms with Crippen molar-refractivity contribution < 1.29 is 13.9 Å². The molecule has 0 aliphatic carbocycles. The lowest BCUT2D eigenvalue weighted by molar-refractivity contribution is -0.143. The van der Waals surface area contributed by atoms with Crippen LogP contribution in [0.1, 0.15) is 31.2 Å². The highest BCUT2D eigenvalue weighted by atomic mass is 16.5. The van der Waals surface area contributed by atoms with Crippen molar-refractivity contribution in [2.45, 2.75) is 26.7 Å². The van der Waals surface area contributed by atoms with Crippen LogP contribution in [0.4, 0.5) is 0 Å². The second-order valence-electron chi connectivity index (χ2n) is 4.70. The largest absolute Gasteiger partial charge is 0.469 e. The van der Waals surface area contributed by atoms with Gasteiger partial charge in [0.15, 0.2) is 11.5 Å². The van der Waals surface area contributed by atoms with E-state index >= 15 is 0 Å². The zero-order valence-corrected chi connectivity index (χ0v) is 11.1.